The summed E-state index contributed by atoms with van der Waals surface area (Å²) in [7, 11) is 1.53. The van der Waals surface area contributed by atoms with Gasteiger partial charge < -0.3 is 19.6 Å². The lowest BCUT2D eigenvalue weighted by Crippen LogP contribution is -2.48. The number of nitrogens with zero attached hydrogens (tertiary/aromatic N) is 2. The van der Waals surface area contributed by atoms with Crippen LogP contribution in [-0.4, -0.2) is 65.8 Å². The molecule has 0 radical (unpaired) electrons. The van der Waals surface area contributed by atoms with Gasteiger partial charge in [-0.25, -0.2) is 9.59 Å². The van der Waals surface area contributed by atoms with Crippen molar-refractivity contribution in [2.45, 2.75) is 31.9 Å². The monoisotopic (exact) mass is 270 g/mol. The molecule has 1 aliphatic rings. The third-order valence-electron chi connectivity index (χ3n) is 3.24. The number of likely N-dealkylation sites (tertiary alicyclic amines) is 1. The minimum Gasteiger partial charge on any atom is -0.480 e. The summed E-state index contributed by atoms with van der Waals surface area (Å²) in [6.07, 6.45) is 2.59. The van der Waals surface area contributed by atoms with Crippen molar-refractivity contribution in [3.8, 4) is 0 Å². The maximum Gasteiger partial charge on any atom is 0.326 e. The fourth-order valence-corrected chi connectivity index (χ4v) is 2.29. The smallest absolute Gasteiger partial charge is 0.326 e. The normalized spacial score (nSPS) is 22.3. The molecule has 0 aromatic heterocycles. The van der Waals surface area contributed by atoms with Gasteiger partial charge in [0.05, 0.1) is 6.10 Å². The fourth-order valence-electron chi connectivity index (χ4n) is 2.29. The van der Waals surface area contributed by atoms with E-state index in [-0.39, 0.29) is 12.1 Å². The molecule has 1 N–H and O–H groups in total. The zero-order valence-corrected chi connectivity index (χ0v) is 11.5. The highest BCUT2D eigenvalue weighted by Gasteiger charge is 2.41. The molecule has 0 aliphatic carbocycles. The summed E-state index contributed by atoms with van der Waals surface area (Å²) in [5.41, 5.74) is 0. The number of amides is 2. The van der Waals surface area contributed by atoms with Crippen LogP contribution in [0.2, 0.25) is 0 Å². The minimum absolute atomic E-state index is 0.211. The third kappa shape index (κ3) is 3.70. The van der Waals surface area contributed by atoms with Crippen LogP contribution in [0.4, 0.5) is 4.79 Å². The van der Waals surface area contributed by atoms with Crippen molar-refractivity contribution in [1.82, 2.24) is 9.80 Å². The van der Waals surface area contributed by atoms with E-state index in [9.17, 15) is 14.7 Å². The Hall–Kier alpha value is -1.56. The van der Waals surface area contributed by atoms with Gasteiger partial charge in [0.2, 0.25) is 0 Å². The number of urea groups is 1. The van der Waals surface area contributed by atoms with Gasteiger partial charge in [-0.1, -0.05) is 13.0 Å². The number of ether oxygens (including phenoxy) is 1. The van der Waals surface area contributed by atoms with E-state index in [1.807, 2.05) is 6.92 Å². The highest BCUT2D eigenvalue weighted by molar-refractivity contribution is 5.83. The van der Waals surface area contributed by atoms with Gasteiger partial charge in [0.25, 0.3) is 0 Å². The largest absolute Gasteiger partial charge is 0.480 e. The standard InChI is InChI=1S/C13H22N2O4/c1-4-6-14(7-5-2)13(18)15-9-10(19-3)8-11(15)12(16)17/h4,10-11H,1,5-9H2,2-3H3,(H,16,17). The van der Waals surface area contributed by atoms with Crippen molar-refractivity contribution >= 4 is 12.0 Å². The maximum absolute atomic E-state index is 12.4. The molecule has 1 heterocycles. The molecule has 0 aromatic carbocycles. The van der Waals surface area contributed by atoms with Crippen molar-refractivity contribution in [1.29, 1.82) is 0 Å². The maximum atomic E-state index is 12.4. The first-order chi connectivity index (χ1) is 9.04. The lowest BCUT2D eigenvalue weighted by atomic mass is 10.2. The van der Waals surface area contributed by atoms with Crippen molar-refractivity contribution in [3.05, 3.63) is 12.7 Å². The van der Waals surface area contributed by atoms with Crippen LogP contribution in [0.3, 0.4) is 0 Å². The fraction of sp³-hybridized carbons (Fsp3) is 0.692. The van der Waals surface area contributed by atoms with Gasteiger partial charge in [0, 0.05) is 33.2 Å². The highest BCUT2D eigenvalue weighted by Crippen LogP contribution is 2.22. The van der Waals surface area contributed by atoms with Gasteiger partial charge in [0.15, 0.2) is 0 Å². The lowest BCUT2D eigenvalue weighted by molar-refractivity contribution is -0.141. The quantitative estimate of drug-likeness (QED) is 0.736. The first kappa shape index (κ1) is 15.5. The predicted molar refractivity (Wildman–Crippen MR) is 71.0 cm³/mol. The molecule has 1 rings (SSSR count). The summed E-state index contributed by atoms with van der Waals surface area (Å²) in [6, 6.07) is -1.06. The van der Waals surface area contributed by atoms with Crippen LogP contribution in [0.15, 0.2) is 12.7 Å². The number of methoxy groups -OCH3 is 1. The third-order valence-corrected chi connectivity index (χ3v) is 3.24. The van der Waals surface area contributed by atoms with E-state index >= 15 is 0 Å². The molecular formula is C13H22N2O4. The Balaban J connectivity index is 2.81. The first-order valence-electron chi connectivity index (χ1n) is 6.47. The predicted octanol–water partition coefficient (Wildman–Crippen LogP) is 1.18. The van der Waals surface area contributed by atoms with Crippen molar-refractivity contribution in [2.24, 2.45) is 0 Å². The Bertz CT molecular complexity index is 346. The molecule has 108 valence electrons. The molecular weight excluding hydrogens is 248 g/mol. The van der Waals surface area contributed by atoms with Crippen LogP contribution >= 0.6 is 0 Å². The molecule has 2 atom stereocenters. The van der Waals surface area contributed by atoms with Crippen LogP contribution in [0.25, 0.3) is 0 Å². The second-order valence-corrected chi connectivity index (χ2v) is 4.62. The van der Waals surface area contributed by atoms with Gasteiger partial charge in [-0.2, -0.15) is 0 Å². The Kier molecular flexibility index (Phi) is 5.82. The summed E-state index contributed by atoms with van der Waals surface area (Å²) in [5.74, 6) is -0.983. The van der Waals surface area contributed by atoms with Crippen LogP contribution in [0.1, 0.15) is 19.8 Å². The molecule has 1 fully saturated rings. The zero-order valence-electron chi connectivity index (χ0n) is 11.5. The molecule has 6 nitrogen and oxygen atoms in total. The van der Waals surface area contributed by atoms with Crippen LogP contribution < -0.4 is 0 Å². The molecule has 1 aliphatic heterocycles. The number of carbonyl (C=O) groups is 2. The first-order valence-corrected chi connectivity index (χ1v) is 6.47. The van der Waals surface area contributed by atoms with E-state index in [2.05, 4.69) is 6.58 Å². The molecule has 0 bridgehead atoms. The summed E-state index contributed by atoms with van der Waals surface area (Å²) < 4.78 is 5.18. The lowest BCUT2D eigenvalue weighted by Gasteiger charge is -2.29. The van der Waals surface area contributed by atoms with Gasteiger partial charge in [-0.05, 0) is 6.42 Å². The topological polar surface area (TPSA) is 70.1 Å². The number of hydrogen-bond acceptors (Lipinski definition) is 3. The number of carboxylic acid groups (broad SMARTS) is 1. The number of carbonyl (C=O) groups excluding carboxylic acids is 1. The summed E-state index contributed by atoms with van der Waals surface area (Å²) in [5, 5.41) is 9.20. The SMILES string of the molecule is C=CCN(CCC)C(=O)N1CC(OC)CC1C(=O)O. The minimum atomic E-state index is -0.983. The Labute approximate surface area is 113 Å². The van der Waals surface area contributed by atoms with E-state index in [4.69, 9.17) is 4.74 Å². The molecule has 0 aromatic rings. The van der Waals surface area contributed by atoms with Crippen molar-refractivity contribution in [2.75, 3.05) is 26.7 Å². The highest BCUT2D eigenvalue weighted by atomic mass is 16.5. The van der Waals surface area contributed by atoms with Crippen LogP contribution in [0, 0.1) is 0 Å². The van der Waals surface area contributed by atoms with E-state index in [1.165, 1.54) is 12.0 Å². The van der Waals surface area contributed by atoms with Crippen molar-refractivity contribution < 1.29 is 19.4 Å². The number of hydrogen-bond donors (Lipinski definition) is 1. The second kappa shape index (κ2) is 7.13. The Morgan fingerprint density at radius 2 is 2.26 bits per heavy atom. The Morgan fingerprint density at radius 3 is 2.74 bits per heavy atom. The Morgan fingerprint density at radius 1 is 1.58 bits per heavy atom. The summed E-state index contributed by atoms with van der Waals surface area (Å²) in [4.78, 5) is 26.6. The average Bonchev–Trinajstić information content (AvgIpc) is 2.82. The van der Waals surface area contributed by atoms with Gasteiger partial charge in [0.1, 0.15) is 6.04 Å². The molecule has 2 unspecified atom stereocenters. The molecule has 19 heavy (non-hydrogen) atoms. The van der Waals surface area contributed by atoms with Crippen LogP contribution in [0.5, 0.6) is 0 Å². The van der Waals surface area contributed by atoms with E-state index in [0.29, 0.717) is 26.1 Å². The molecule has 0 spiro atoms. The summed E-state index contributed by atoms with van der Waals surface area (Å²) >= 11 is 0. The second-order valence-electron chi connectivity index (χ2n) is 4.62. The number of rotatable bonds is 6. The zero-order chi connectivity index (χ0) is 14.4. The van der Waals surface area contributed by atoms with Gasteiger partial charge in [-0.3, -0.25) is 0 Å². The molecule has 1 saturated heterocycles. The molecule has 2 amide bonds. The van der Waals surface area contributed by atoms with E-state index in [0.717, 1.165) is 6.42 Å². The average molecular weight is 270 g/mol. The van der Waals surface area contributed by atoms with Crippen LogP contribution in [-0.2, 0) is 9.53 Å². The van der Waals surface area contributed by atoms with E-state index in [1.54, 1.807) is 11.0 Å². The van der Waals surface area contributed by atoms with Gasteiger partial charge in [-0.15, -0.1) is 6.58 Å². The number of carboxylic acids is 1. The van der Waals surface area contributed by atoms with Crippen molar-refractivity contribution in [3.63, 3.8) is 0 Å². The molecule has 6 heteroatoms. The summed E-state index contributed by atoms with van der Waals surface area (Å²) in [6.45, 7) is 6.93. The number of aliphatic carboxylic acids is 1. The molecule has 0 saturated carbocycles. The van der Waals surface area contributed by atoms with Gasteiger partial charge >= 0.3 is 12.0 Å². The van der Waals surface area contributed by atoms with E-state index < -0.39 is 12.0 Å².